The first-order valence-electron chi connectivity index (χ1n) is 5.56. The first-order chi connectivity index (χ1) is 6.68. The second-order valence-corrected chi connectivity index (χ2v) is 4.41. The lowest BCUT2D eigenvalue weighted by molar-refractivity contribution is -0.146. The zero-order chi connectivity index (χ0) is 10.4. The Kier molecular flexibility index (Phi) is 4.94. The van der Waals surface area contributed by atoms with Gasteiger partial charge < -0.3 is 4.74 Å². The third-order valence-electron chi connectivity index (χ3n) is 2.38. The van der Waals surface area contributed by atoms with Crippen molar-refractivity contribution in [2.24, 2.45) is 5.92 Å². The number of carbonyl (C=O) groups is 1. The van der Waals surface area contributed by atoms with Gasteiger partial charge in [0.2, 0.25) is 0 Å². The maximum atomic E-state index is 11.4. The van der Waals surface area contributed by atoms with Crippen LogP contribution >= 0.6 is 0 Å². The molecule has 0 saturated carbocycles. The molecule has 3 nitrogen and oxygen atoms in total. The minimum Gasteiger partial charge on any atom is -0.464 e. The Morgan fingerprint density at radius 2 is 1.93 bits per heavy atom. The van der Waals surface area contributed by atoms with Crippen molar-refractivity contribution in [2.45, 2.75) is 33.1 Å². The van der Waals surface area contributed by atoms with Gasteiger partial charge in [0.25, 0.3) is 0 Å². The summed E-state index contributed by atoms with van der Waals surface area (Å²) in [5.41, 5.74) is 0. The smallest absolute Gasteiger partial charge is 0.320 e. The second-order valence-electron chi connectivity index (χ2n) is 4.41. The number of ether oxygens (including phenoxy) is 1. The van der Waals surface area contributed by atoms with Gasteiger partial charge >= 0.3 is 5.97 Å². The lowest BCUT2D eigenvalue weighted by atomic mass is 10.1. The summed E-state index contributed by atoms with van der Waals surface area (Å²) in [6, 6.07) is 0. The largest absolute Gasteiger partial charge is 0.464 e. The van der Waals surface area contributed by atoms with Crippen molar-refractivity contribution >= 4 is 5.97 Å². The van der Waals surface area contributed by atoms with Crippen molar-refractivity contribution in [3.05, 3.63) is 0 Å². The van der Waals surface area contributed by atoms with Crippen molar-refractivity contribution in [3.63, 3.8) is 0 Å². The molecule has 1 fully saturated rings. The van der Waals surface area contributed by atoms with Crippen LogP contribution in [0, 0.1) is 5.92 Å². The minimum absolute atomic E-state index is 0.0689. The summed E-state index contributed by atoms with van der Waals surface area (Å²) in [5, 5.41) is 0. The van der Waals surface area contributed by atoms with Crippen LogP contribution in [0.4, 0.5) is 0 Å². The van der Waals surface area contributed by atoms with Crippen molar-refractivity contribution in [2.75, 3.05) is 26.2 Å². The van der Waals surface area contributed by atoms with E-state index >= 15 is 0 Å². The number of rotatable bonds is 4. The van der Waals surface area contributed by atoms with Gasteiger partial charge in [-0.3, -0.25) is 9.69 Å². The highest BCUT2D eigenvalue weighted by Crippen LogP contribution is 2.08. The first kappa shape index (κ1) is 11.5. The number of nitrogens with zero attached hydrogens (tertiary/aromatic N) is 1. The fraction of sp³-hybridized carbons (Fsp3) is 0.909. The van der Waals surface area contributed by atoms with Gasteiger partial charge in [-0.05, 0) is 31.8 Å². The molecule has 1 aliphatic heterocycles. The van der Waals surface area contributed by atoms with E-state index in [2.05, 4.69) is 4.90 Å². The highest BCUT2D eigenvalue weighted by molar-refractivity contribution is 5.71. The van der Waals surface area contributed by atoms with Crippen LogP contribution in [0.5, 0.6) is 0 Å². The molecule has 0 aromatic carbocycles. The predicted molar refractivity (Wildman–Crippen MR) is 56.1 cm³/mol. The normalized spacial score (nSPS) is 18.5. The van der Waals surface area contributed by atoms with Gasteiger partial charge in [0.1, 0.15) is 0 Å². The lowest BCUT2D eigenvalue weighted by Crippen LogP contribution is -2.35. The molecule has 1 heterocycles. The number of hydrogen-bond acceptors (Lipinski definition) is 3. The van der Waals surface area contributed by atoms with Gasteiger partial charge in [-0.25, -0.2) is 0 Å². The van der Waals surface area contributed by atoms with E-state index < -0.39 is 0 Å². The number of likely N-dealkylation sites (tertiary alicyclic amines) is 1. The van der Waals surface area contributed by atoms with E-state index in [0.29, 0.717) is 19.1 Å². The fourth-order valence-corrected chi connectivity index (χ4v) is 1.61. The van der Waals surface area contributed by atoms with Crippen LogP contribution in [0.25, 0.3) is 0 Å². The van der Waals surface area contributed by atoms with Crippen LogP contribution in [0.15, 0.2) is 0 Å². The Balaban J connectivity index is 2.12. The Morgan fingerprint density at radius 3 is 2.50 bits per heavy atom. The van der Waals surface area contributed by atoms with Crippen molar-refractivity contribution in [1.29, 1.82) is 0 Å². The quantitative estimate of drug-likeness (QED) is 0.645. The molecule has 3 heteroatoms. The molecule has 0 atom stereocenters. The molecule has 0 aliphatic carbocycles. The average molecular weight is 199 g/mol. The molecule has 1 aliphatic rings. The molecule has 0 aromatic rings. The lowest BCUT2D eigenvalue weighted by Gasteiger charge is -2.25. The van der Waals surface area contributed by atoms with Gasteiger partial charge in [-0.1, -0.05) is 20.3 Å². The van der Waals surface area contributed by atoms with Crippen molar-refractivity contribution in [3.8, 4) is 0 Å². The molecule has 0 spiro atoms. The summed E-state index contributed by atoms with van der Waals surface area (Å²) < 4.78 is 5.13. The zero-order valence-electron chi connectivity index (χ0n) is 9.29. The summed E-state index contributed by atoms with van der Waals surface area (Å²) in [5.74, 6) is 0.362. The predicted octanol–water partition coefficient (Wildman–Crippen LogP) is 1.67. The van der Waals surface area contributed by atoms with Gasteiger partial charge in [-0.15, -0.1) is 0 Å². The van der Waals surface area contributed by atoms with Crippen LogP contribution in [-0.2, 0) is 9.53 Å². The van der Waals surface area contributed by atoms with E-state index in [-0.39, 0.29) is 5.97 Å². The van der Waals surface area contributed by atoms with Gasteiger partial charge in [0.15, 0.2) is 0 Å². The summed E-state index contributed by atoms with van der Waals surface area (Å²) in [6.45, 7) is 7.23. The summed E-state index contributed by atoms with van der Waals surface area (Å²) in [6.07, 6.45) is 3.74. The number of carbonyl (C=O) groups excluding carboxylic acids is 1. The van der Waals surface area contributed by atoms with E-state index in [1.807, 2.05) is 13.8 Å². The maximum absolute atomic E-state index is 11.4. The molecule has 82 valence electrons. The zero-order valence-corrected chi connectivity index (χ0v) is 9.29. The van der Waals surface area contributed by atoms with Gasteiger partial charge in [-0.2, -0.15) is 0 Å². The molecule has 0 bridgehead atoms. The van der Waals surface area contributed by atoms with E-state index in [1.165, 1.54) is 19.3 Å². The van der Waals surface area contributed by atoms with Crippen LogP contribution < -0.4 is 0 Å². The molecule has 0 aromatic heterocycles. The topological polar surface area (TPSA) is 29.5 Å². The summed E-state index contributed by atoms with van der Waals surface area (Å²) in [4.78, 5) is 13.5. The van der Waals surface area contributed by atoms with E-state index in [1.54, 1.807) is 0 Å². The Bertz CT molecular complexity index is 174. The molecular weight excluding hydrogens is 178 g/mol. The third kappa shape index (κ3) is 4.61. The van der Waals surface area contributed by atoms with Gasteiger partial charge in [0.05, 0.1) is 13.2 Å². The molecule has 14 heavy (non-hydrogen) atoms. The highest BCUT2D eigenvalue weighted by Gasteiger charge is 2.14. The van der Waals surface area contributed by atoms with E-state index in [4.69, 9.17) is 4.74 Å². The van der Waals surface area contributed by atoms with Crippen molar-refractivity contribution in [1.82, 2.24) is 4.90 Å². The van der Waals surface area contributed by atoms with E-state index in [9.17, 15) is 4.79 Å². The third-order valence-corrected chi connectivity index (χ3v) is 2.38. The molecule has 0 amide bonds. The number of piperidine rings is 1. The Labute approximate surface area is 86.4 Å². The fourth-order valence-electron chi connectivity index (χ4n) is 1.61. The average Bonchev–Trinajstić information content (AvgIpc) is 2.16. The second kappa shape index (κ2) is 6.02. The molecule has 0 radical (unpaired) electrons. The standard InChI is InChI=1S/C11H21NO2/c1-10(2)9-14-11(13)8-12-6-4-3-5-7-12/h10H,3-9H2,1-2H3. The molecule has 0 N–H and O–H groups in total. The molecule has 0 unspecified atom stereocenters. The van der Waals surface area contributed by atoms with Crippen LogP contribution in [0.3, 0.4) is 0 Å². The number of hydrogen-bond donors (Lipinski definition) is 0. The Morgan fingerprint density at radius 1 is 1.29 bits per heavy atom. The molecular formula is C11H21NO2. The SMILES string of the molecule is CC(C)COC(=O)CN1CCCCC1. The Hall–Kier alpha value is -0.570. The van der Waals surface area contributed by atoms with Crippen molar-refractivity contribution < 1.29 is 9.53 Å². The first-order valence-corrected chi connectivity index (χ1v) is 5.56. The molecule has 1 saturated heterocycles. The summed E-state index contributed by atoms with van der Waals surface area (Å²) in [7, 11) is 0. The van der Waals surface area contributed by atoms with E-state index in [0.717, 1.165) is 13.1 Å². The molecule has 1 rings (SSSR count). The monoisotopic (exact) mass is 199 g/mol. The van der Waals surface area contributed by atoms with Crippen LogP contribution in [0.1, 0.15) is 33.1 Å². The maximum Gasteiger partial charge on any atom is 0.320 e. The van der Waals surface area contributed by atoms with Crippen LogP contribution in [-0.4, -0.2) is 37.1 Å². The van der Waals surface area contributed by atoms with Crippen LogP contribution in [0.2, 0.25) is 0 Å². The minimum atomic E-state index is -0.0689. The summed E-state index contributed by atoms with van der Waals surface area (Å²) >= 11 is 0. The highest BCUT2D eigenvalue weighted by atomic mass is 16.5. The number of esters is 1. The van der Waals surface area contributed by atoms with Gasteiger partial charge in [0, 0.05) is 0 Å².